The second-order valence-electron chi connectivity index (χ2n) is 6.61. The molecule has 1 aromatic heterocycles. The SMILES string of the molecule is CCc1nc([C@@H]2CCCN2CC(=O)N2CCC[C@@H](C(N)=O)C2)no1. The molecule has 3 rings (SSSR count). The summed E-state index contributed by atoms with van der Waals surface area (Å²) in [5, 5.41) is 4.06. The Morgan fingerprint density at radius 3 is 2.79 bits per heavy atom. The Kier molecular flexibility index (Phi) is 5.13. The van der Waals surface area contributed by atoms with Gasteiger partial charge in [0.15, 0.2) is 5.82 Å². The van der Waals surface area contributed by atoms with Crippen LogP contribution in [0.1, 0.15) is 50.4 Å². The Labute approximate surface area is 141 Å². The average molecular weight is 335 g/mol. The van der Waals surface area contributed by atoms with Gasteiger partial charge in [0.25, 0.3) is 0 Å². The minimum Gasteiger partial charge on any atom is -0.369 e. The first-order valence-corrected chi connectivity index (χ1v) is 8.72. The number of piperidine rings is 1. The van der Waals surface area contributed by atoms with Gasteiger partial charge in [0, 0.05) is 19.5 Å². The lowest BCUT2D eigenvalue weighted by Crippen LogP contribution is -2.47. The van der Waals surface area contributed by atoms with Crippen LogP contribution in [0.25, 0.3) is 0 Å². The topological polar surface area (TPSA) is 106 Å². The molecule has 2 atom stereocenters. The van der Waals surface area contributed by atoms with E-state index in [1.807, 2.05) is 6.92 Å². The predicted octanol–water partition coefficient (Wildman–Crippen LogP) is 0.493. The standard InChI is InChI=1S/C16H25N5O3/c1-2-13-18-16(19-24-13)12-6-4-7-20(12)10-14(22)21-8-3-5-11(9-21)15(17)23/h11-12H,2-10H2,1H3,(H2,17,23)/t11-,12+/m1/s1. The van der Waals surface area contributed by atoms with Crippen molar-refractivity contribution in [2.75, 3.05) is 26.2 Å². The molecule has 2 fully saturated rings. The maximum Gasteiger partial charge on any atom is 0.236 e. The normalized spacial score (nSPS) is 25.1. The number of aryl methyl sites for hydroxylation is 1. The van der Waals surface area contributed by atoms with E-state index in [0.29, 0.717) is 37.8 Å². The third kappa shape index (κ3) is 3.58. The van der Waals surface area contributed by atoms with E-state index in [4.69, 9.17) is 10.3 Å². The van der Waals surface area contributed by atoms with Crippen LogP contribution < -0.4 is 5.73 Å². The number of nitrogens with two attached hydrogens (primary N) is 1. The number of amides is 2. The van der Waals surface area contributed by atoms with E-state index in [9.17, 15) is 9.59 Å². The fourth-order valence-electron chi connectivity index (χ4n) is 3.56. The predicted molar refractivity (Wildman–Crippen MR) is 85.7 cm³/mol. The average Bonchev–Trinajstić information content (AvgIpc) is 3.23. The second-order valence-corrected chi connectivity index (χ2v) is 6.61. The molecule has 3 heterocycles. The number of aromatic nitrogens is 2. The molecular weight excluding hydrogens is 310 g/mol. The van der Waals surface area contributed by atoms with Gasteiger partial charge in [-0.15, -0.1) is 0 Å². The van der Waals surface area contributed by atoms with Gasteiger partial charge in [-0.05, 0) is 32.2 Å². The van der Waals surface area contributed by atoms with Gasteiger partial charge in [0.1, 0.15) is 0 Å². The molecule has 24 heavy (non-hydrogen) atoms. The molecule has 0 aromatic carbocycles. The first-order chi connectivity index (χ1) is 11.6. The van der Waals surface area contributed by atoms with E-state index in [0.717, 1.165) is 32.2 Å². The minimum absolute atomic E-state index is 0.0368. The van der Waals surface area contributed by atoms with Crippen molar-refractivity contribution in [3.05, 3.63) is 11.7 Å². The van der Waals surface area contributed by atoms with Crippen LogP contribution in [-0.2, 0) is 16.0 Å². The fraction of sp³-hybridized carbons (Fsp3) is 0.750. The van der Waals surface area contributed by atoms with Gasteiger partial charge in [-0.2, -0.15) is 4.98 Å². The molecule has 0 bridgehead atoms. The Balaban J connectivity index is 1.61. The molecule has 2 saturated heterocycles. The zero-order valence-corrected chi connectivity index (χ0v) is 14.1. The molecule has 8 nitrogen and oxygen atoms in total. The number of likely N-dealkylation sites (tertiary alicyclic amines) is 2. The third-order valence-corrected chi connectivity index (χ3v) is 4.96. The van der Waals surface area contributed by atoms with Gasteiger partial charge >= 0.3 is 0 Å². The van der Waals surface area contributed by atoms with Crippen molar-refractivity contribution in [2.24, 2.45) is 11.7 Å². The highest BCUT2D eigenvalue weighted by molar-refractivity contribution is 5.81. The van der Waals surface area contributed by atoms with Crippen molar-refractivity contribution in [1.29, 1.82) is 0 Å². The lowest BCUT2D eigenvalue weighted by Gasteiger charge is -2.33. The van der Waals surface area contributed by atoms with Crippen LogP contribution in [0.3, 0.4) is 0 Å². The molecule has 0 radical (unpaired) electrons. The molecule has 2 aliphatic heterocycles. The van der Waals surface area contributed by atoms with Gasteiger partial charge in [-0.1, -0.05) is 12.1 Å². The van der Waals surface area contributed by atoms with Gasteiger partial charge in [0.05, 0.1) is 18.5 Å². The summed E-state index contributed by atoms with van der Waals surface area (Å²) in [6.07, 6.45) is 4.25. The van der Waals surface area contributed by atoms with Crippen molar-refractivity contribution < 1.29 is 14.1 Å². The van der Waals surface area contributed by atoms with Gasteiger partial charge in [0.2, 0.25) is 17.7 Å². The summed E-state index contributed by atoms with van der Waals surface area (Å²) in [7, 11) is 0. The Morgan fingerprint density at radius 1 is 1.29 bits per heavy atom. The van der Waals surface area contributed by atoms with Crippen molar-refractivity contribution in [3.63, 3.8) is 0 Å². The molecule has 0 saturated carbocycles. The third-order valence-electron chi connectivity index (χ3n) is 4.96. The molecule has 0 spiro atoms. The molecule has 2 N–H and O–H groups in total. The van der Waals surface area contributed by atoms with E-state index in [1.54, 1.807) is 4.90 Å². The molecule has 0 aliphatic carbocycles. The highest BCUT2D eigenvalue weighted by Gasteiger charge is 2.33. The maximum absolute atomic E-state index is 12.6. The summed E-state index contributed by atoms with van der Waals surface area (Å²) in [5.41, 5.74) is 5.39. The maximum atomic E-state index is 12.6. The first-order valence-electron chi connectivity index (χ1n) is 8.72. The number of hydrogen-bond acceptors (Lipinski definition) is 6. The smallest absolute Gasteiger partial charge is 0.236 e. The lowest BCUT2D eigenvalue weighted by molar-refractivity contribution is -0.136. The van der Waals surface area contributed by atoms with Gasteiger partial charge in [-0.25, -0.2) is 0 Å². The van der Waals surface area contributed by atoms with Crippen molar-refractivity contribution in [3.8, 4) is 0 Å². The van der Waals surface area contributed by atoms with Gasteiger partial charge < -0.3 is 15.2 Å². The van der Waals surface area contributed by atoms with Crippen LogP contribution in [0.4, 0.5) is 0 Å². The Hall–Kier alpha value is -1.96. The molecule has 1 aromatic rings. The summed E-state index contributed by atoms with van der Waals surface area (Å²) < 4.78 is 5.20. The first kappa shape index (κ1) is 16.9. The van der Waals surface area contributed by atoms with E-state index in [-0.39, 0.29) is 23.8 Å². The number of rotatable bonds is 5. The van der Waals surface area contributed by atoms with Crippen molar-refractivity contribution >= 4 is 11.8 Å². The monoisotopic (exact) mass is 335 g/mol. The molecule has 132 valence electrons. The molecule has 0 unspecified atom stereocenters. The van der Waals surface area contributed by atoms with Crippen LogP contribution in [0, 0.1) is 5.92 Å². The van der Waals surface area contributed by atoms with E-state index < -0.39 is 0 Å². The molecule has 2 aliphatic rings. The Morgan fingerprint density at radius 2 is 2.08 bits per heavy atom. The number of carbonyl (C=O) groups excluding carboxylic acids is 2. The molecular formula is C16H25N5O3. The highest BCUT2D eigenvalue weighted by atomic mass is 16.5. The summed E-state index contributed by atoms with van der Waals surface area (Å²) >= 11 is 0. The highest BCUT2D eigenvalue weighted by Crippen LogP contribution is 2.30. The summed E-state index contributed by atoms with van der Waals surface area (Å²) in [6, 6.07) is 0.0368. The minimum atomic E-state index is -0.314. The second kappa shape index (κ2) is 7.29. The fourth-order valence-corrected chi connectivity index (χ4v) is 3.56. The van der Waals surface area contributed by atoms with E-state index in [1.165, 1.54) is 0 Å². The van der Waals surface area contributed by atoms with E-state index >= 15 is 0 Å². The van der Waals surface area contributed by atoms with Crippen LogP contribution in [0.15, 0.2) is 4.52 Å². The van der Waals surface area contributed by atoms with Gasteiger partial charge in [-0.3, -0.25) is 14.5 Å². The quantitative estimate of drug-likeness (QED) is 0.839. The molecule has 2 amide bonds. The number of carbonyl (C=O) groups is 2. The zero-order chi connectivity index (χ0) is 17.1. The summed E-state index contributed by atoms with van der Waals surface area (Å²) in [6.45, 7) is 4.28. The van der Waals surface area contributed by atoms with E-state index in [2.05, 4.69) is 15.0 Å². The van der Waals surface area contributed by atoms with Crippen LogP contribution in [0.2, 0.25) is 0 Å². The van der Waals surface area contributed by atoms with Crippen LogP contribution in [-0.4, -0.2) is 57.9 Å². The largest absolute Gasteiger partial charge is 0.369 e. The van der Waals surface area contributed by atoms with Crippen LogP contribution >= 0.6 is 0 Å². The van der Waals surface area contributed by atoms with Crippen molar-refractivity contribution in [2.45, 2.75) is 45.1 Å². The number of primary amides is 1. The lowest BCUT2D eigenvalue weighted by atomic mass is 9.97. The molecule has 8 heteroatoms. The number of hydrogen-bond donors (Lipinski definition) is 1. The number of nitrogens with zero attached hydrogens (tertiary/aromatic N) is 4. The summed E-state index contributed by atoms with van der Waals surface area (Å²) in [5.74, 6) is 0.813. The van der Waals surface area contributed by atoms with Crippen LogP contribution in [0.5, 0.6) is 0 Å². The summed E-state index contributed by atoms with van der Waals surface area (Å²) in [4.78, 5) is 32.3. The Bertz CT molecular complexity index is 602. The van der Waals surface area contributed by atoms with Crippen molar-refractivity contribution in [1.82, 2.24) is 19.9 Å². The zero-order valence-electron chi connectivity index (χ0n) is 14.1.